The van der Waals surface area contributed by atoms with E-state index in [1.807, 2.05) is 18.2 Å². The maximum absolute atomic E-state index is 6.01. The Hall–Kier alpha value is -1.58. The minimum absolute atomic E-state index is 0.748. The summed E-state index contributed by atoms with van der Waals surface area (Å²) in [6.45, 7) is 2.22. The van der Waals surface area contributed by atoms with Gasteiger partial charge in [0.2, 0.25) is 0 Å². The lowest BCUT2D eigenvalue weighted by Crippen LogP contribution is -1.90. The molecule has 4 heteroatoms. The van der Waals surface area contributed by atoms with Gasteiger partial charge in [-0.2, -0.15) is 0 Å². The topological polar surface area (TPSA) is 24.9 Å². The molecule has 1 heterocycles. The fraction of sp³-hybridized carbons (Fsp3) is 0.235. The van der Waals surface area contributed by atoms with Gasteiger partial charge in [-0.15, -0.1) is 0 Å². The Morgan fingerprint density at radius 3 is 2.71 bits per heavy atom. The van der Waals surface area contributed by atoms with Crippen molar-refractivity contribution in [2.45, 2.75) is 26.2 Å². The molecule has 108 valence electrons. The van der Waals surface area contributed by atoms with E-state index in [9.17, 15) is 0 Å². The third-order valence-corrected chi connectivity index (χ3v) is 4.54. The van der Waals surface area contributed by atoms with Crippen LogP contribution < -0.4 is 5.32 Å². The molecule has 0 saturated heterocycles. The molecule has 3 rings (SSSR count). The van der Waals surface area contributed by atoms with Crippen molar-refractivity contribution in [2.24, 2.45) is 0 Å². The van der Waals surface area contributed by atoms with Crippen LogP contribution in [-0.4, -0.2) is 4.98 Å². The van der Waals surface area contributed by atoms with Gasteiger partial charge in [0.25, 0.3) is 0 Å². The lowest BCUT2D eigenvalue weighted by molar-refractivity contribution is 0.795. The van der Waals surface area contributed by atoms with Crippen molar-refractivity contribution < 1.29 is 0 Å². The summed E-state index contributed by atoms with van der Waals surface area (Å²) in [5, 5.41) is 5.01. The van der Waals surface area contributed by atoms with Gasteiger partial charge in [0, 0.05) is 10.7 Å². The number of nitrogens with one attached hydrogen (secondary N) is 1. The molecule has 0 spiro atoms. The molecule has 0 bridgehead atoms. The number of unbranched alkanes of at least 4 members (excludes halogenated alkanes) is 1. The highest BCUT2D eigenvalue weighted by molar-refractivity contribution is 7.22. The van der Waals surface area contributed by atoms with Crippen LogP contribution >= 0.6 is 22.9 Å². The summed E-state index contributed by atoms with van der Waals surface area (Å²) in [6.07, 6.45) is 3.62. The molecule has 1 aromatic heterocycles. The molecule has 0 saturated carbocycles. The molecule has 0 aliphatic rings. The smallest absolute Gasteiger partial charge is 0.188 e. The van der Waals surface area contributed by atoms with Gasteiger partial charge in [0.1, 0.15) is 0 Å². The maximum atomic E-state index is 6.01. The van der Waals surface area contributed by atoms with Crippen LogP contribution in [0, 0.1) is 0 Å². The van der Waals surface area contributed by atoms with Gasteiger partial charge in [0.15, 0.2) is 5.13 Å². The van der Waals surface area contributed by atoms with Gasteiger partial charge in [0.05, 0.1) is 10.2 Å². The second-order valence-corrected chi connectivity index (χ2v) is 6.52. The molecule has 0 fully saturated rings. The number of hydrogen-bond acceptors (Lipinski definition) is 3. The monoisotopic (exact) mass is 316 g/mol. The number of anilines is 2. The van der Waals surface area contributed by atoms with Gasteiger partial charge in [-0.25, -0.2) is 4.98 Å². The number of benzene rings is 2. The van der Waals surface area contributed by atoms with Crippen LogP contribution in [0.25, 0.3) is 10.2 Å². The van der Waals surface area contributed by atoms with E-state index in [-0.39, 0.29) is 0 Å². The van der Waals surface area contributed by atoms with E-state index in [1.54, 1.807) is 11.3 Å². The largest absolute Gasteiger partial charge is 0.332 e. The SMILES string of the molecule is CCCCc1ccc(Nc2nc3ccc(Cl)cc3s2)cc1. The zero-order valence-electron chi connectivity index (χ0n) is 11.9. The van der Waals surface area contributed by atoms with Crippen molar-refractivity contribution in [1.29, 1.82) is 0 Å². The van der Waals surface area contributed by atoms with Gasteiger partial charge in [-0.05, 0) is 48.7 Å². The third-order valence-electron chi connectivity index (χ3n) is 3.37. The first-order valence-corrected chi connectivity index (χ1v) is 8.36. The van der Waals surface area contributed by atoms with Crippen LogP contribution in [0.15, 0.2) is 42.5 Å². The van der Waals surface area contributed by atoms with Crippen molar-refractivity contribution in [3.05, 3.63) is 53.1 Å². The summed E-state index contributed by atoms with van der Waals surface area (Å²) in [6, 6.07) is 14.4. The highest BCUT2D eigenvalue weighted by Gasteiger charge is 2.04. The van der Waals surface area contributed by atoms with Crippen molar-refractivity contribution in [3.8, 4) is 0 Å². The average Bonchev–Trinajstić information content (AvgIpc) is 2.88. The van der Waals surface area contributed by atoms with Crippen LogP contribution in [0.4, 0.5) is 10.8 Å². The molecule has 0 aliphatic heterocycles. The lowest BCUT2D eigenvalue weighted by Gasteiger charge is -2.04. The summed E-state index contributed by atoms with van der Waals surface area (Å²) in [5.41, 5.74) is 3.44. The Bertz CT molecular complexity index is 734. The maximum Gasteiger partial charge on any atom is 0.188 e. The highest BCUT2D eigenvalue weighted by atomic mass is 35.5. The van der Waals surface area contributed by atoms with E-state index in [0.29, 0.717) is 0 Å². The second kappa shape index (κ2) is 6.46. The van der Waals surface area contributed by atoms with Crippen LogP contribution in [-0.2, 0) is 6.42 Å². The molecule has 0 aliphatic carbocycles. The van der Waals surface area contributed by atoms with Crippen LogP contribution in [0.1, 0.15) is 25.3 Å². The van der Waals surface area contributed by atoms with Crippen LogP contribution in [0.3, 0.4) is 0 Å². The van der Waals surface area contributed by atoms with Gasteiger partial charge in [-0.1, -0.05) is 48.4 Å². The Labute approximate surface area is 133 Å². The molecule has 2 aromatic carbocycles. The summed E-state index contributed by atoms with van der Waals surface area (Å²) < 4.78 is 1.10. The van der Waals surface area contributed by atoms with Gasteiger partial charge in [-0.3, -0.25) is 0 Å². The first-order chi connectivity index (χ1) is 10.2. The molecule has 21 heavy (non-hydrogen) atoms. The first kappa shape index (κ1) is 14.4. The first-order valence-electron chi connectivity index (χ1n) is 7.16. The number of aryl methyl sites for hydroxylation is 1. The molecule has 0 amide bonds. The normalized spacial score (nSPS) is 11.0. The standard InChI is InChI=1S/C17H17ClN2S/c1-2-3-4-12-5-8-14(9-6-12)19-17-20-15-10-7-13(18)11-16(15)21-17/h5-11H,2-4H2,1H3,(H,19,20). The fourth-order valence-electron chi connectivity index (χ4n) is 2.21. The Morgan fingerprint density at radius 2 is 1.95 bits per heavy atom. The predicted octanol–water partition coefficient (Wildman–Crippen LogP) is 6.04. The average molecular weight is 317 g/mol. The van der Waals surface area contributed by atoms with Crippen LogP contribution in [0.5, 0.6) is 0 Å². The van der Waals surface area contributed by atoms with Crippen molar-refractivity contribution in [3.63, 3.8) is 0 Å². The number of aromatic nitrogens is 1. The molecule has 3 aromatic rings. The van der Waals surface area contributed by atoms with Gasteiger partial charge >= 0.3 is 0 Å². The lowest BCUT2D eigenvalue weighted by atomic mass is 10.1. The van der Waals surface area contributed by atoms with Crippen molar-refractivity contribution >= 4 is 44.0 Å². The summed E-state index contributed by atoms with van der Waals surface area (Å²) in [5.74, 6) is 0. The Balaban J connectivity index is 1.75. The van der Waals surface area contributed by atoms with E-state index in [1.165, 1.54) is 18.4 Å². The minimum atomic E-state index is 0.748. The number of hydrogen-bond donors (Lipinski definition) is 1. The second-order valence-electron chi connectivity index (χ2n) is 5.06. The number of thiazole rings is 1. The van der Waals surface area contributed by atoms with Crippen molar-refractivity contribution in [2.75, 3.05) is 5.32 Å². The summed E-state index contributed by atoms with van der Waals surface area (Å²) >= 11 is 7.62. The fourth-order valence-corrected chi connectivity index (χ4v) is 3.37. The molecule has 0 radical (unpaired) electrons. The zero-order chi connectivity index (χ0) is 14.7. The number of nitrogens with zero attached hydrogens (tertiary/aromatic N) is 1. The summed E-state index contributed by atoms with van der Waals surface area (Å²) in [4.78, 5) is 4.57. The van der Waals surface area contributed by atoms with E-state index < -0.39 is 0 Å². The third kappa shape index (κ3) is 3.55. The minimum Gasteiger partial charge on any atom is -0.332 e. The van der Waals surface area contributed by atoms with E-state index >= 15 is 0 Å². The predicted molar refractivity (Wildman–Crippen MR) is 93.0 cm³/mol. The number of rotatable bonds is 5. The highest BCUT2D eigenvalue weighted by Crippen LogP contribution is 2.30. The molecular weight excluding hydrogens is 300 g/mol. The van der Waals surface area contributed by atoms with Crippen LogP contribution in [0.2, 0.25) is 5.02 Å². The molecule has 2 nitrogen and oxygen atoms in total. The number of fused-ring (bicyclic) bond motifs is 1. The molecule has 0 atom stereocenters. The van der Waals surface area contributed by atoms with E-state index in [0.717, 1.165) is 32.5 Å². The van der Waals surface area contributed by atoms with E-state index in [4.69, 9.17) is 11.6 Å². The molecular formula is C17H17ClN2S. The zero-order valence-corrected chi connectivity index (χ0v) is 13.5. The number of halogens is 1. The molecule has 1 N–H and O–H groups in total. The Kier molecular flexibility index (Phi) is 4.42. The molecule has 0 unspecified atom stereocenters. The summed E-state index contributed by atoms with van der Waals surface area (Å²) in [7, 11) is 0. The van der Waals surface area contributed by atoms with Crippen molar-refractivity contribution in [1.82, 2.24) is 4.98 Å². The van der Waals surface area contributed by atoms with Gasteiger partial charge < -0.3 is 5.32 Å². The van der Waals surface area contributed by atoms with E-state index in [2.05, 4.69) is 41.5 Å². The quantitative estimate of drug-likeness (QED) is 0.621. The Morgan fingerprint density at radius 1 is 1.14 bits per heavy atom.